The molecule has 1 aromatic carbocycles. The van der Waals surface area contributed by atoms with Gasteiger partial charge in [0.15, 0.2) is 11.6 Å². The third kappa shape index (κ3) is 2.43. The lowest BCUT2D eigenvalue weighted by Crippen LogP contribution is -2.05. The molecule has 0 amide bonds. The summed E-state index contributed by atoms with van der Waals surface area (Å²) in [7, 11) is 0. The van der Waals surface area contributed by atoms with Crippen LogP contribution in [0.2, 0.25) is 0 Å². The summed E-state index contributed by atoms with van der Waals surface area (Å²) in [6, 6.07) is 4.10. The highest BCUT2D eigenvalue weighted by Gasteiger charge is 2.05. The Balaban J connectivity index is 0.00000121. The first kappa shape index (κ1) is 11.3. The van der Waals surface area contributed by atoms with E-state index in [4.69, 9.17) is 5.73 Å². The predicted octanol–water partition coefficient (Wildman–Crippen LogP) is 1.89. The molecular weight excluding hydrogens is 184 g/mol. The lowest BCUT2D eigenvalue weighted by atomic mass is 10.1. The lowest BCUT2D eigenvalue weighted by Gasteiger charge is -2.00. The Morgan fingerprint density at radius 1 is 1.25 bits per heavy atom. The first-order valence-corrected chi connectivity index (χ1v) is 3.38. The molecule has 0 aliphatic heterocycles. The third-order valence-corrected chi connectivity index (χ3v) is 1.45. The Morgan fingerprint density at radius 3 is 2.50 bits per heavy atom. The topological polar surface area (TPSA) is 26.0 Å². The normalized spacial score (nSPS) is 9.25. The summed E-state index contributed by atoms with van der Waals surface area (Å²) in [6.45, 7) is 0.334. The molecule has 0 aliphatic carbocycles. The van der Waals surface area contributed by atoms with Gasteiger partial charge < -0.3 is 5.73 Å². The van der Waals surface area contributed by atoms with Crippen LogP contribution >= 0.6 is 12.4 Å². The van der Waals surface area contributed by atoms with E-state index >= 15 is 0 Å². The van der Waals surface area contributed by atoms with Crippen LogP contribution in [0.5, 0.6) is 0 Å². The molecule has 12 heavy (non-hydrogen) atoms. The van der Waals surface area contributed by atoms with Gasteiger partial charge in [-0.25, -0.2) is 8.78 Å². The molecule has 0 aliphatic rings. The number of hydrogen-bond acceptors (Lipinski definition) is 1. The van der Waals surface area contributed by atoms with Crippen molar-refractivity contribution >= 4 is 12.4 Å². The zero-order chi connectivity index (χ0) is 8.27. The summed E-state index contributed by atoms with van der Waals surface area (Å²) in [5, 5.41) is 0. The van der Waals surface area contributed by atoms with Gasteiger partial charge in [-0.1, -0.05) is 12.1 Å². The highest BCUT2D eigenvalue weighted by molar-refractivity contribution is 5.85. The molecule has 0 atom stereocenters. The Bertz CT molecular complexity index is 253. The molecule has 0 radical (unpaired) electrons. The van der Waals surface area contributed by atoms with Gasteiger partial charge in [-0.15, -0.1) is 12.4 Å². The molecule has 1 aromatic rings. The van der Waals surface area contributed by atoms with E-state index in [1.54, 1.807) is 0 Å². The molecule has 0 saturated heterocycles. The summed E-state index contributed by atoms with van der Waals surface area (Å²) < 4.78 is 25.2. The van der Waals surface area contributed by atoms with Crippen molar-refractivity contribution in [2.45, 2.75) is 6.42 Å². The van der Waals surface area contributed by atoms with Crippen molar-refractivity contribution in [1.82, 2.24) is 0 Å². The second-order valence-corrected chi connectivity index (χ2v) is 2.25. The highest BCUT2D eigenvalue weighted by atomic mass is 35.5. The van der Waals surface area contributed by atoms with E-state index in [1.807, 2.05) is 0 Å². The van der Waals surface area contributed by atoms with Crippen LogP contribution in [0.3, 0.4) is 0 Å². The SMILES string of the molecule is Cl.NCCc1cccc(F)c1F. The van der Waals surface area contributed by atoms with E-state index in [-0.39, 0.29) is 12.4 Å². The predicted molar refractivity (Wildman–Crippen MR) is 46.4 cm³/mol. The summed E-state index contributed by atoms with van der Waals surface area (Å²) >= 11 is 0. The van der Waals surface area contributed by atoms with E-state index in [0.717, 1.165) is 6.07 Å². The fourth-order valence-electron chi connectivity index (χ4n) is 0.897. The monoisotopic (exact) mass is 193 g/mol. The average Bonchev–Trinajstić information content (AvgIpc) is 1.99. The average molecular weight is 194 g/mol. The van der Waals surface area contributed by atoms with Crippen molar-refractivity contribution in [2.75, 3.05) is 6.54 Å². The molecule has 4 heteroatoms. The number of rotatable bonds is 2. The van der Waals surface area contributed by atoms with Crippen molar-refractivity contribution < 1.29 is 8.78 Å². The van der Waals surface area contributed by atoms with Crippen LogP contribution in [0.25, 0.3) is 0 Å². The van der Waals surface area contributed by atoms with Crippen LogP contribution in [0.15, 0.2) is 18.2 Å². The maximum absolute atomic E-state index is 12.8. The fourth-order valence-corrected chi connectivity index (χ4v) is 0.897. The van der Waals surface area contributed by atoms with Gasteiger partial charge in [-0.2, -0.15) is 0 Å². The largest absolute Gasteiger partial charge is 0.330 e. The van der Waals surface area contributed by atoms with Gasteiger partial charge in [-0.05, 0) is 24.6 Å². The number of hydrogen-bond donors (Lipinski definition) is 1. The Labute approximate surface area is 76.0 Å². The van der Waals surface area contributed by atoms with Crippen molar-refractivity contribution in [2.24, 2.45) is 5.73 Å². The molecule has 1 nitrogen and oxygen atoms in total. The van der Waals surface area contributed by atoms with Gasteiger partial charge in [-0.3, -0.25) is 0 Å². The smallest absolute Gasteiger partial charge is 0.162 e. The maximum Gasteiger partial charge on any atom is 0.162 e. The zero-order valence-electron chi connectivity index (χ0n) is 6.39. The van der Waals surface area contributed by atoms with E-state index in [1.165, 1.54) is 12.1 Å². The first-order valence-electron chi connectivity index (χ1n) is 3.38. The van der Waals surface area contributed by atoms with Crippen LogP contribution in [0.4, 0.5) is 8.78 Å². The van der Waals surface area contributed by atoms with E-state index in [2.05, 4.69) is 0 Å². The maximum atomic E-state index is 12.8. The molecule has 0 unspecified atom stereocenters. The van der Waals surface area contributed by atoms with Gasteiger partial charge in [0.1, 0.15) is 0 Å². The fraction of sp³-hybridized carbons (Fsp3) is 0.250. The Morgan fingerprint density at radius 2 is 1.92 bits per heavy atom. The summed E-state index contributed by atoms with van der Waals surface area (Å²) in [5.41, 5.74) is 5.53. The highest BCUT2D eigenvalue weighted by Crippen LogP contribution is 2.10. The molecule has 0 fully saturated rings. The van der Waals surface area contributed by atoms with Gasteiger partial charge in [0.25, 0.3) is 0 Å². The van der Waals surface area contributed by atoms with Crippen molar-refractivity contribution in [3.63, 3.8) is 0 Å². The molecular formula is C8H10ClF2N. The standard InChI is InChI=1S/C8H9F2N.ClH/c9-7-3-1-2-6(4-5-11)8(7)10;/h1-3H,4-5,11H2;1H. The Hall–Kier alpha value is -0.670. The molecule has 0 spiro atoms. The van der Waals surface area contributed by atoms with Gasteiger partial charge in [0, 0.05) is 0 Å². The van der Waals surface area contributed by atoms with Crippen molar-refractivity contribution in [3.05, 3.63) is 35.4 Å². The minimum atomic E-state index is -0.809. The third-order valence-electron chi connectivity index (χ3n) is 1.45. The van der Waals surface area contributed by atoms with Crippen LogP contribution in [-0.4, -0.2) is 6.54 Å². The van der Waals surface area contributed by atoms with Crippen LogP contribution in [0, 0.1) is 11.6 Å². The summed E-state index contributed by atoms with van der Waals surface area (Å²) in [6.07, 6.45) is 0.379. The summed E-state index contributed by atoms with van der Waals surface area (Å²) in [4.78, 5) is 0. The van der Waals surface area contributed by atoms with E-state index in [0.29, 0.717) is 18.5 Å². The molecule has 0 aromatic heterocycles. The molecule has 68 valence electrons. The minimum absolute atomic E-state index is 0. The molecule has 0 bridgehead atoms. The second kappa shape index (κ2) is 5.06. The van der Waals surface area contributed by atoms with E-state index < -0.39 is 11.6 Å². The molecule has 0 heterocycles. The zero-order valence-corrected chi connectivity index (χ0v) is 7.20. The number of benzene rings is 1. The molecule has 2 N–H and O–H groups in total. The van der Waals surface area contributed by atoms with Crippen LogP contribution in [-0.2, 0) is 6.42 Å². The van der Waals surface area contributed by atoms with Gasteiger partial charge in [0.05, 0.1) is 0 Å². The van der Waals surface area contributed by atoms with Gasteiger partial charge >= 0.3 is 0 Å². The molecule has 0 saturated carbocycles. The Kier molecular flexibility index (Phi) is 4.78. The van der Waals surface area contributed by atoms with Crippen molar-refractivity contribution in [3.8, 4) is 0 Å². The minimum Gasteiger partial charge on any atom is -0.330 e. The van der Waals surface area contributed by atoms with E-state index in [9.17, 15) is 8.78 Å². The van der Waals surface area contributed by atoms with Crippen LogP contribution < -0.4 is 5.73 Å². The number of halogens is 3. The second-order valence-electron chi connectivity index (χ2n) is 2.25. The summed E-state index contributed by atoms with van der Waals surface area (Å²) in [5.74, 6) is -1.59. The van der Waals surface area contributed by atoms with Crippen molar-refractivity contribution in [1.29, 1.82) is 0 Å². The van der Waals surface area contributed by atoms with Gasteiger partial charge in [0.2, 0.25) is 0 Å². The quantitative estimate of drug-likeness (QED) is 0.763. The molecule has 1 rings (SSSR count). The van der Waals surface area contributed by atoms with Crippen LogP contribution in [0.1, 0.15) is 5.56 Å². The lowest BCUT2D eigenvalue weighted by molar-refractivity contribution is 0.499. The first-order chi connectivity index (χ1) is 5.25. The number of nitrogens with two attached hydrogens (primary N) is 1.